The fourth-order valence-electron chi connectivity index (χ4n) is 1.49. The van der Waals surface area contributed by atoms with Gasteiger partial charge in [-0.05, 0) is 30.7 Å². The van der Waals surface area contributed by atoms with Crippen molar-refractivity contribution >= 4 is 21.7 Å². The zero-order chi connectivity index (χ0) is 13.0. The summed E-state index contributed by atoms with van der Waals surface area (Å²) in [7, 11) is -2.34. The first-order chi connectivity index (χ1) is 8.59. The number of aryl methyl sites for hydroxylation is 1. The van der Waals surface area contributed by atoms with E-state index in [1.54, 1.807) is 6.26 Å². The largest absolute Gasteiger partial charge is 0.244 e. The Morgan fingerprint density at radius 2 is 1.61 bits per heavy atom. The van der Waals surface area contributed by atoms with Gasteiger partial charge in [-0.1, -0.05) is 36.4 Å². The summed E-state index contributed by atoms with van der Waals surface area (Å²) >= 11 is 1.30. The molecular weight excluding hydrogens is 262 g/mol. The lowest BCUT2D eigenvalue weighted by molar-refractivity contribution is 0.681. The molecule has 0 amide bonds. The number of rotatable bonds is 3. The zero-order valence-electron chi connectivity index (χ0n) is 10.4. The third-order valence-corrected chi connectivity index (χ3v) is 5.79. The van der Waals surface area contributed by atoms with Crippen LogP contribution in [0.5, 0.6) is 0 Å². The molecule has 0 aliphatic heterocycles. The van der Waals surface area contributed by atoms with Crippen LogP contribution in [0.2, 0.25) is 0 Å². The van der Waals surface area contributed by atoms with E-state index in [0.29, 0.717) is 0 Å². The Kier molecular flexibility index (Phi) is 4.09. The summed E-state index contributed by atoms with van der Waals surface area (Å²) in [5.74, 6) is 0. The first kappa shape index (κ1) is 13.2. The Labute approximate surface area is 113 Å². The molecule has 0 bridgehead atoms. The van der Waals surface area contributed by atoms with Gasteiger partial charge in [-0.2, -0.15) is 3.77 Å². The van der Waals surface area contributed by atoms with Gasteiger partial charge in [0.15, 0.2) is 0 Å². The monoisotopic (exact) mass is 277 g/mol. The van der Waals surface area contributed by atoms with Gasteiger partial charge in [-0.15, -0.1) is 0 Å². The SMILES string of the molecule is Cc1ccccc1SN=S(C)(=O)c1ccccc1. The number of nitrogens with zero attached hydrogens (tertiary/aromatic N) is 1. The van der Waals surface area contributed by atoms with Crippen LogP contribution in [-0.2, 0) is 9.73 Å². The van der Waals surface area contributed by atoms with Crippen molar-refractivity contribution in [1.29, 1.82) is 0 Å². The topological polar surface area (TPSA) is 29.4 Å². The second-order valence-corrected chi connectivity index (χ2v) is 7.34. The summed E-state index contributed by atoms with van der Waals surface area (Å²) in [6.45, 7) is 2.03. The molecule has 2 aromatic rings. The molecule has 0 spiro atoms. The fraction of sp³-hybridized carbons (Fsp3) is 0.143. The van der Waals surface area contributed by atoms with Crippen molar-refractivity contribution in [1.82, 2.24) is 0 Å². The Morgan fingerprint density at radius 1 is 1.00 bits per heavy atom. The lowest BCUT2D eigenvalue weighted by Gasteiger charge is -2.04. The van der Waals surface area contributed by atoms with Crippen molar-refractivity contribution in [2.45, 2.75) is 16.7 Å². The predicted molar refractivity (Wildman–Crippen MR) is 78.2 cm³/mol. The molecule has 4 heteroatoms. The molecule has 2 nitrogen and oxygen atoms in total. The molecule has 0 saturated heterocycles. The van der Waals surface area contributed by atoms with E-state index in [2.05, 4.69) is 3.77 Å². The highest BCUT2D eigenvalue weighted by Gasteiger charge is 2.05. The molecular formula is C14H15NOS2. The molecule has 94 valence electrons. The molecule has 18 heavy (non-hydrogen) atoms. The lowest BCUT2D eigenvalue weighted by Crippen LogP contribution is -1.95. The Hall–Kier alpha value is -1.26. The predicted octanol–water partition coefficient (Wildman–Crippen LogP) is 4.16. The van der Waals surface area contributed by atoms with Crippen molar-refractivity contribution in [2.75, 3.05) is 6.26 Å². The molecule has 2 aromatic carbocycles. The highest BCUT2D eigenvalue weighted by atomic mass is 32.2. The molecule has 0 aromatic heterocycles. The third-order valence-electron chi connectivity index (χ3n) is 2.55. The normalized spacial score (nSPS) is 13.9. The Bertz CT molecular complexity index is 644. The zero-order valence-corrected chi connectivity index (χ0v) is 12.0. The Morgan fingerprint density at radius 3 is 2.28 bits per heavy atom. The number of benzene rings is 2. The van der Waals surface area contributed by atoms with Crippen molar-refractivity contribution in [3.05, 3.63) is 60.2 Å². The van der Waals surface area contributed by atoms with Crippen LogP contribution in [0.3, 0.4) is 0 Å². The van der Waals surface area contributed by atoms with Crippen LogP contribution in [-0.4, -0.2) is 10.5 Å². The number of hydrogen-bond donors (Lipinski definition) is 0. The van der Waals surface area contributed by atoms with E-state index in [4.69, 9.17) is 0 Å². The maximum Gasteiger partial charge on any atom is 0.0836 e. The molecule has 1 atom stereocenters. The molecule has 0 fully saturated rings. The van der Waals surface area contributed by atoms with Crippen LogP contribution in [0.25, 0.3) is 0 Å². The second kappa shape index (κ2) is 5.59. The van der Waals surface area contributed by atoms with Gasteiger partial charge in [0.1, 0.15) is 0 Å². The molecule has 0 aliphatic carbocycles. The highest BCUT2D eigenvalue weighted by molar-refractivity contribution is 8.07. The minimum atomic E-state index is -2.34. The van der Waals surface area contributed by atoms with Gasteiger partial charge < -0.3 is 0 Å². The average molecular weight is 277 g/mol. The van der Waals surface area contributed by atoms with E-state index >= 15 is 0 Å². The van der Waals surface area contributed by atoms with E-state index in [1.165, 1.54) is 11.9 Å². The maximum atomic E-state index is 12.5. The Balaban J connectivity index is 2.30. The molecule has 0 heterocycles. The van der Waals surface area contributed by atoms with E-state index < -0.39 is 9.73 Å². The van der Waals surface area contributed by atoms with Gasteiger partial charge in [0, 0.05) is 28.0 Å². The molecule has 0 N–H and O–H groups in total. The first-order valence-corrected chi connectivity index (χ1v) is 8.28. The smallest absolute Gasteiger partial charge is 0.0836 e. The second-order valence-electron chi connectivity index (χ2n) is 4.05. The third kappa shape index (κ3) is 3.15. The summed E-state index contributed by atoms with van der Waals surface area (Å²) in [6, 6.07) is 17.3. The van der Waals surface area contributed by atoms with E-state index in [1.807, 2.05) is 61.5 Å². The molecule has 0 aliphatic rings. The van der Waals surface area contributed by atoms with Crippen molar-refractivity contribution in [2.24, 2.45) is 3.77 Å². The lowest BCUT2D eigenvalue weighted by atomic mass is 10.2. The molecule has 2 rings (SSSR count). The van der Waals surface area contributed by atoms with Gasteiger partial charge in [-0.25, -0.2) is 4.21 Å². The van der Waals surface area contributed by atoms with Crippen LogP contribution >= 0.6 is 11.9 Å². The summed E-state index contributed by atoms with van der Waals surface area (Å²) in [4.78, 5) is 1.81. The van der Waals surface area contributed by atoms with E-state index in [9.17, 15) is 4.21 Å². The van der Waals surface area contributed by atoms with Crippen molar-refractivity contribution in [3.8, 4) is 0 Å². The van der Waals surface area contributed by atoms with E-state index in [0.717, 1.165) is 15.4 Å². The first-order valence-electron chi connectivity index (χ1n) is 5.59. The minimum Gasteiger partial charge on any atom is -0.244 e. The van der Waals surface area contributed by atoms with Gasteiger partial charge >= 0.3 is 0 Å². The quantitative estimate of drug-likeness (QED) is 0.788. The van der Waals surface area contributed by atoms with Crippen LogP contribution in [0.1, 0.15) is 5.56 Å². The maximum absolute atomic E-state index is 12.5. The number of hydrogen-bond acceptors (Lipinski definition) is 3. The van der Waals surface area contributed by atoms with Gasteiger partial charge in [0.05, 0.1) is 9.73 Å². The molecule has 0 saturated carbocycles. The summed E-state index contributed by atoms with van der Waals surface area (Å²) < 4.78 is 16.8. The summed E-state index contributed by atoms with van der Waals surface area (Å²) in [5.41, 5.74) is 1.15. The van der Waals surface area contributed by atoms with Crippen molar-refractivity contribution in [3.63, 3.8) is 0 Å². The van der Waals surface area contributed by atoms with Crippen molar-refractivity contribution < 1.29 is 4.21 Å². The average Bonchev–Trinajstić information content (AvgIpc) is 2.39. The van der Waals surface area contributed by atoms with Crippen LogP contribution < -0.4 is 0 Å². The fourth-order valence-corrected chi connectivity index (χ4v) is 3.73. The summed E-state index contributed by atoms with van der Waals surface area (Å²) in [5, 5.41) is 0. The molecule has 0 radical (unpaired) electrons. The molecule has 1 unspecified atom stereocenters. The summed E-state index contributed by atoms with van der Waals surface area (Å²) in [6.07, 6.45) is 1.67. The van der Waals surface area contributed by atoms with Gasteiger partial charge in [-0.3, -0.25) is 0 Å². The van der Waals surface area contributed by atoms with Crippen LogP contribution in [0.4, 0.5) is 0 Å². The standard InChI is InChI=1S/C14H15NOS2/c1-12-8-6-7-11-14(12)17-15-18(2,16)13-9-4-3-5-10-13/h3-11H,1-2H3. The van der Waals surface area contributed by atoms with Gasteiger partial charge in [0.2, 0.25) is 0 Å². The van der Waals surface area contributed by atoms with E-state index in [-0.39, 0.29) is 0 Å². The minimum absolute atomic E-state index is 0.770. The van der Waals surface area contributed by atoms with Crippen LogP contribution in [0, 0.1) is 6.92 Å². The van der Waals surface area contributed by atoms with Crippen LogP contribution in [0.15, 0.2) is 68.2 Å². The van der Waals surface area contributed by atoms with Gasteiger partial charge in [0.25, 0.3) is 0 Å². The highest BCUT2D eigenvalue weighted by Crippen LogP contribution is 2.26.